The van der Waals surface area contributed by atoms with E-state index in [9.17, 15) is 0 Å². The molecule has 1 nitrogen and oxygen atoms in total. The van der Waals surface area contributed by atoms with Gasteiger partial charge in [0, 0.05) is 36.9 Å². The largest absolute Gasteiger partial charge is 0.301 e. The first-order valence-corrected chi connectivity index (χ1v) is 6.27. The SMILES string of the molecule is CSCCN1CCSCC1. The van der Waals surface area contributed by atoms with E-state index in [1.165, 1.54) is 36.9 Å². The Morgan fingerprint density at radius 1 is 1.40 bits per heavy atom. The second kappa shape index (κ2) is 5.33. The molecule has 0 aromatic carbocycles. The van der Waals surface area contributed by atoms with Crippen molar-refractivity contribution in [3.63, 3.8) is 0 Å². The minimum atomic E-state index is 1.29. The number of nitrogens with zero attached hydrogens (tertiary/aromatic N) is 1. The van der Waals surface area contributed by atoms with Crippen LogP contribution in [0.15, 0.2) is 0 Å². The molecule has 0 atom stereocenters. The molecule has 0 spiro atoms. The molecule has 60 valence electrons. The van der Waals surface area contributed by atoms with Crippen molar-refractivity contribution in [1.82, 2.24) is 4.90 Å². The molecule has 1 fully saturated rings. The molecule has 0 amide bonds. The second-order valence-electron chi connectivity index (χ2n) is 2.45. The van der Waals surface area contributed by atoms with E-state index in [1.54, 1.807) is 0 Å². The van der Waals surface area contributed by atoms with E-state index in [4.69, 9.17) is 0 Å². The van der Waals surface area contributed by atoms with E-state index in [0.717, 1.165) is 0 Å². The van der Waals surface area contributed by atoms with E-state index in [0.29, 0.717) is 0 Å². The Morgan fingerprint density at radius 3 is 2.70 bits per heavy atom. The molecule has 0 saturated carbocycles. The molecule has 0 bridgehead atoms. The maximum Gasteiger partial charge on any atom is 0.00730 e. The first kappa shape index (κ1) is 8.75. The summed E-state index contributed by atoms with van der Waals surface area (Å²) in [7, 11) is 0. The normalized spacial score (nSPS) is 21.3. The van der Waals surface area contributed by atoms with Gasteiger partial charge in [-0.05, 0) is 6.26 Å². The van der Waals surface area contributed by atoms with Crippen molar-refractivity contribution in [3.8, 4) is 0 Å². The molecular formula is C7H15NS2. The standard InChI is InChI=1S/C7H15NS2/c1-9-5-2-8-3-6-10-7-4-8/h2-7H2,1H3. The minimum absolute atomic E-state index is 1.29. The van der Waals surface area contributed by atoms with E-state index in [2.05, 4.69) is 22.9 Å². The van der Waals surface area contributed by atoms with Crippen molar-refractivity contribution in [2.24, 2.45) is 0 Å². The van der Waals surface area contributed by atoms with Gasteiger partial charge in [-0.3, -0.25) is 0 Å². The van der Waals surface area contributed by atoms with Crippen molar-refractivity contribution in [2.45, 2.75) is 0 Å². The van der Waals surface area contributed by atoms with Gasteiger partial charge in [0.05, 0.1) is 0 Å². The highest BCUT2D eigenvalue weighted by atomic mass is 32.2. The average Bonchev–Trinajstić information content (AvgIpc) is 2.03. The number of hydrogen-bond acceptors (Lipinski definition) is 3. The van der Waals surface area contributed by atoms with E-state index < -0.39 is 0 Å². The molecule has 0 aliphatic carbocycles. The molecule has 0 N–H and O–H groups in total. The van der Waals surface area contributed by atoms with Crippen LogP contribution >= 0.6 is 23.5 Å². The maximum absolute atomic E-state index is 2.56. The van der Waals surface area contributed by atoms with Crippen LogP contribution in [0.2, 0.25) is 0 Å². The zero-order valence-electron chi connectivity index (χ0n) is 6.51. The van der Waals surface area contributed by atoms with Crippen molar-refractivity contribution in [1.29, 1.82) is 0 Å². The van der Waals surface area contributed by atoms with Crippen LogP contribution in [-0.2, 0) is 0 Å². The lowest BCUT2D eigenvalue weighted by molar-refractivity contribution is 0.322. The summed E-state index contributed by atoms with van der Waals surface area (Å²) in [6.07, 6.45) is 2.18. The third-order valence-corrected chi connectivity index (χ3v) is 3.25. The summed E-state index contributed by atoms with van der Waals surface area (Å²) >= 11 is 4.03. The number of thioether (sulfide) groups is 2. The van der Waals surface area contributed by atoms with Gasteiger partial charge in [0.15, 0.2) is 0 Å². The van der Waals surface area contributed by atoms with Gasteiger partial charge in [0.1, 0.15) is 0 Å². The summed E-state index contributed by atoms with van der Waals surface area (Å²) in [6.45, 7) is 3.91. The summed E-state index contributed by atoms with van der Waals surface area (Å²) in [6, 6.07) is 0. The lowest BCUT2D eigenvalue weighted by Crippen LogP contribution is -2.34. The molecular weight excluding hydrogens is 162 g/mol. The molecule has 0 unspecified atom stereocenters. The molecule has 1 aliphatic rings. The summed E-state index contributed by atoms with van der Waals surface area (Å²) in [4.78, 5) is 2.56. The first-order valence-electron chi connectivity index (χ1n) is 3.72. The third-order valence-electron chi connectivity index (χ3n) is 1.72. The molecule has 0 aromatic heterocycles. The van der Waals surface area contributed by atoms with Gasteiger partial charge in [-0.2, -0.15) is 23.5 Å². The molecule has 1 heterocycles. The Morgan fingerprint density at radius 2 is 2.10 bits per heavy atom. The van der Waals surface area contributed by atoms with Crippen LogP contribution in [0.4, 0.5) is 0 Å². The molecule has 3 heteroatoms. The van der Waals surface area contributed by atoms with Gasteiger partial charge in [-0.15, -0.1) is 0 Å². The Labute approximate surface area is 71.9 Å². The maximum atomic E-state index is 2.56. The Balaban J connectivity index is 2.02. The second-order valence-corrected chi connectivity index (χ2v) is 4.66. The smallest absolute Gasteiger partial charge is 0.00730 e. The number of hydrogen-bond donors (Lipinski definition) is 0. The predicted molar refractivity (Wildman–Crippen MR) is 52.1 cm³/mol. The van der Waals surface area contributed by atoms with Gasteiger partial charge in [-0.1, -0.05) is 0 Å². The topological polar surface area (TPSA) is 3.24 Å². The fourth-order valence-electron chi connectivity index (χ4n) is 1.05. The summed E-state index contributed by atoms with van der Waals surface area (Å²) in [5, 5.41) is 0. The van der Waals surface area contributed by atoms with E-state index >= 15 is 0 Å². The monoisotopic (exact) mass is 177 g/mol. The predicted octanol–water partition coefficient (Wildman–Crippen LogP) is 1.40. The van der Waals surface area contributed by atoms with Gasteiger partial charge in [-0.25, -0.2) is 0 Å². The van der Waals surface area contributed by atoms with Crippen molar-refractivity contribution in [2.75, 3.05) is 43.1 Å². The van der Waals surface area contributed by atoms with Gasteiger partial charge in [0.2, 0.25) is 0 Å². The van der Waals surface area contributed by atoms with E-state index in [-0.39, 0.29) is 0 Å². The lowest BCUT2D eigenvalue weighted by Gasteiger charge is -2.25. The third kappa shape index (κ3) is 3.17. The van der Waals surface area contributed by atoms with Gasteiger partial charge >= 0.3 is 0 Å². The van der Waals surface area contributed by atoms with Crippen LogP contribution in [0.3, 0.4) is 0 Å². The molecule has 1 aliphatic heterocycles. The van der Waals surface area contributed by atoms with Crippen LogP contribution in [0.25, 0.3) is 0 Å². The number of rotatable bonds is 3. The molecule has 10 heavy (non-hydrogen) atoms. The Kier molecular flexibility index (Phi) is 4.66. The van der Waals surface area contributed by atoms with E-state index in [1.807, 2.05) is 11.8 Å². The minimum Gasteiger partial charge on any atom is -0.301 e. The quantitative estimate of drug-likeness (QED) is 0.641. The summed E-state index contributed by atoms with van der Waals surface area (Å²) < 4.78 is 0. The van der Waals surface area contributed by atoms with Crippen molar-refractivity contribution in [3.05, 3.63) is 0 Å². The highest BCUT2D eigenvalue weighted by Crippen LogP contribution is 2.09. The molecule has 0 radical (unpaired) electrons. The zero-order valence-corrected chi connectivity index (χ0v) is 8.14. The van der Waals surface area contributed by atoms with Crippen molar-refractivity contribution >= 4 is 23.5 Å². The average molecular weight is 177 g/mol. The molecule has 1 saturated heterocycles. The Bertz CT molecular complexity index is 81.7. The van der Waals surface area contributed by atoms with Crippen LogP contribution in [0, 0.1) is 0 Å². The van der Waals surface area contributed by atoms with Crippen LogP contribution in [-0.4, -0.2) is 48.0 Å². The fourth-order valence-corrected chi connectivity index (χ4v) is 2.46. The first-order chi connectivity index (χ1) is 4.93. The lowest BCUT2D eigenvalue weighted by atomic mass is 10.5. The Hall–Kier alpha value is 0.660. The van der Waals surface area contributed by atoms with Gasteiger partial charge in [0.25, 0.3) is 0 Å². The summed E-state index contributed by atoms with van der Waals surface area (Å²) in [5.74, 6) is 3.98. The van der Waals surface area contributed by atoms with Crippen LogP contribution < -0.4 is 0 Å². The highest BCUT2D eigenvalue weighted by Gasteiger charge is 2.08. The van der Waals surface area contributed by atoms with Crippen LogP contribution in [0.1, 0.15) is 0 Å². The molecule has 1 rings (SSSR count). The van der Waals surface area contributed by atoms with Crippen LogP contribution in [0.5, 0.6) is 0 Å². The fraction of sp³-hybridized carbons (Fsp3) is 1.00. The summed E-state index contributed by atoms with van der Waals surface area (Å²) in [5.41, 5.74) is 0. The molecule has 0 aromatic rings. The van der Waals surface area contributed by atoms with Gasteiger partial charge < -0.3 is 4.90 Å². The zero-order chi connectivity index (χ0) is 7.23. The highest BCUT2D eigenvalue weighted by molar-refractivity contribution is 7.99. The van der Waals surface area contributed by atoms with Crippen molar-refractivity contribution < 1.29 is 0 Å².